The molecule has 1 unspecified atom stereocenters. The van der Waals surface area contributed by atoms with E-state index in [0.717, 1.165) is 36.4 Å². The molecule has 1 aromatic heterocycles. The van der Waals surface area contributed by atoms with Crippen LogP contribution in [0.2, 0.25) is 0 Å². The number of benzene rings is 1. The van der Waals surface area contributed by atoms with Gasteiger partial charge in [0.2, 0.25) is 0 Å². The maximum absolute atomic E-state index is 10.6. The van der Waals surface area contributed by atoms with E-state index in [0.29, 0.717) is 6.61 Å². The molecule has 0 radical (unpaired) electrons. The van der Waals surface area contributed by atoms with Gasteiger partial charge in [0.05, 0.1) is 24.8 Å². The molecule has 1 N–H and O–H groups in total. The fourth-order valence-electron chi connectivity index (χ4n) is 2.60. The van der Waals surface area contributed by atoms with Crippen LogP contribution in [0.25, 0.3) is 0 Å². The van der Waals surface area contributed by atoms with Crippen LogP contribution in [0.15, 0.2) is 30.7 Å². The Bertz CT molecular complexity index is 577. The van der Waals surface area contributed by atoms with Crippen LogP contribution >= 0.6 is 0 Å². The summed E-state index contributed by atoms with van der Waals surface area (Å²) in [5.74, 6) is 0.847. The molecule has 1 aromatic carbocycles. The van der Waals surface area contributed by atoms with E-state index in [1.807, 2.05) is 16.7 Å². The Balaban J connectivity index is 1.98. The van der Waals surface area contributed by atoms with Crippen LogP contribution in [0.4, 0.5) is 0 Å². The number of imidazole rings is 1. The Hall–Kier alpha value is -1.81. The van der Waals surface area contributed by atoms with E-state index in [1.54, 1.807) is 12.5 Å². The molecule has 1 atom stereocenters. The van der Waals surface area contributed by atoms with Crippen LogP contribution in [0, 0.1) is 0 Å². The molecule has 4 heteroatoms. The number of hydrogen-bond acceptors (Lipinski definition) is 3. The number of para-hydroxylation sites is 1. The fraction of sp³-hybridized carbons (Fsp3) is 0.400. The van der Waals surface area contributed by atoms with Crippen molar-refractivity contribution in [1.29, 1.82) is 0 Å². The molecule has 0 spiro atoms. The van der Waals surface area contributed by atoms with Gasteiger partial charge in [0.15, 0.2) is 0 Å². The molecule has 1 aliphatic heterocycles. The number of fused-ring (bicyclic) bond motifs is 1. The van der Waals surface area contributed by atoms with Gasteiger partial charge in [0.25, 0.3) is 0 Å². The third-order valence-corrected chi connectivity index (χ3v) is 3.53. The first kappa shape index (κ1) is 12.2. The smallest absolute Gasteiger partial charge is 0.128 e. The van der Waals surface area contributed by atoms with Crippen LogP contribution in [0.5, 0.6) is 5.75 Å². The van der Waals surface area contributed by atoms with Gasteiger partial charge in [-0.05, 0) is 12.0 Å². The zero-order valence-electron chi connectivity index (χ0n) is 11.0. The number of nitrogens with zero attached hydrogens (tertiary/aromatic N) is 2. The molecule has 0 saturated heterocycles. The maximum Gasteiger partial charge on any atom is 0.128 e. The van der Waals surface area contributed by atoms with Crippen LogP contribution in [-0.4, -0.2) is 21.3 Å². The molecule has 4 nitrogen and oxygen atoms in total. The van der Waals surface area contributed by atoms with E-state index in [1.165, 1.54) is 5.56 Å². The van der Waals surface area contributed by atoms with Gasteiger partial charge < -0.3 is 14.4 Å². The van der Waals surface area contributed by atoms with E-state index >= 15 is 0 Å². The number of hydrogen-bond donors (Lipinski definition) is 1. The molecule has 0 saturated carbocycles. The lowest BCUT2D eigenvalue weighted by atomic mass is 10.0. The van der Waals surface area contributed by atoms with Crippen LogP contribution in [0.1, 0.15) is 36.3 Å². The molecule has 2 aromatic rings. The normalized spacial score (nSPS) is 15.1. The first-order valence-electron chi connectivity index (χ1n) is 6.74. The summed E-state index contributed by atoms with van der Waals surface area (Å²) >= 11 is 0. The number of aryl methyl sites for hydroxylation is 1. The van der Waals surface area contributed by atoms with Gasteiger partial charge in [-0.15, -0.1) is 0 Å². The summed E-state index contributed by atoms with van der Waals surface area (Å²) < 4.78 is 7.66. The Labute approximate surface area is 112 Å². The minimum absolute atomic E-state index is 0.679. The molecular formula is C15H18N2O2. The van der Waals surface area contributed by atoms with Gasteiger partial charge in [-0.3, -0.25) is 0 Å². The number of aromatic nitrogens is 2. The summed E-state index contributed by atoms with van der Waals surface area (Å²) in [6, 6.07) is 5.96. The number of aliphatic hydroxyl groups is 1. The Kier molecular flexibility index (Phi) is 3.25. The molecule has 0 aliphatic carbocycles. The van der Waals surface area contributed by atoms with Gasteiger partial charge in [0, 0.05) is 18.5 Å². The van der Waals surface area contributed by atoms with E-state index in [2.05, 4.69) is 18.0 Å². The Morgan fingerprint density at radius 3 is 3.21 bits per heavy atom. The van der Waals surface area contributed by atoms with Crippen molar-refractivity contribution in [3.05, 3.63) is 47.5 Å². The van der Waals surface area contributed by atoms with Gasteiger partial charge >= 0.3 is 0 Å². The summed E-state index contributed by atoms with van der Waals surface area (Å²) in [4.78, 5) is 4.14. The van der Waals surface area contributed by atoms with Crippen molar-refractivity contribution in [2.24, 2.45) is 0 Å². The zero-order chi connectivity index (χ0) is 13.2. The highest BCUT2D eigenvalue weighted by molar-refractivity contribution is 5.47. The van der Waals surface area contributed by atoms with Crippen molar-refractivity contribution in [1.82, 2.24) is 9.55 Å². The second kappa shape index (κ2) is 5.05. The molecule has 0 bridgehead atoms. The lowest BCUT2D eigenvalue weighted by Crippen LogP contribution is -2.09. The van der Waals surface area contributed by atoms with Crippen molar-refractivity contribution in [2.45, 2.75) is 32.4 Å². The van der Waals surface area contributed by atoms with E-state index in [9.17, 15) is 5.11 Å². The standard InChI is InChI=1S/C15H18N2O2/c1-2-7-17-10-16-9-13(17)14(18)12-5-3-4-11-6-8-19-15(11)12/h3-5,9-10,14,18H,2,6-8H2,1H3. The van der Waals surface area contributed by atoms with Crippen molar-refractivity contribution in [3.8, 4) is 5.75 Å². The highest BCUT2D eigenvalue weighted by Gasteiger charge is 2.23. The highest BCUT2D eigenvalue weighted by Crippen LogP contribution is 2.35. The van der Waals surface area contributed by atoms with E-state index in [-0.39, 0.29) is 0 Å². The van der Waals surface area contributed by atoms with Crippen molar-refractivity contribution >= 4 is 0 Å². The van der Waals surface area contributed by atoms with E-state index in [4.69, 9.17) is 4.74 Å². The summed E-state index contributed by atoms with van der Waals surface area (Å²) in [5, 5.41) is 10.6. The van der Waals surface area contributed by atoms with Gasteiger partial charge in [-0.1, -0.05) is 25.1 Å². The first-order valence-corrected chi connectivity index (χ1v) is 6.74. The monoisotopic (exact) mass is 258 g/mol. The Morgan fingerprint density at radius 1 is 1.47 bits per heavy atom. The average molecular weight is 258 g/mol. The number of ether oxygens (including phenoxy) is 1. The largest absolute Gasteiger partial charge is 0.493 e. The molecule has 3 rings (SSSR count). The lowest BCUT2D eigenvalue weighted by molar-refractivity contribution is 0.203. The van der Waals surface area contributed by atoms with Crippen LogP contribution in [0.3, 0.4) is 0 Å². The molecule has 1 aliphatic rings. The van der Waals surface area contributed by atoms with Crippen LogP contribution < -0.4 is 4.74 Å². The third-order valence-electron chi connectivity index (χ3n) is 3.53. The minimum atomic E-state index is -0.679. The second-order valence-electron chi connectivity index (χ2n) is 4.85. The number of rotatable bonds is 4. The highest BCUT2D eigenvalue weighted by atomic mass is 16.5. The molecule has 2 heterocycles. The van der Waals surface area contributed by atoms with Crippen molar-refractivity contribution in [3.63, 3.8) is 0 Å². The van der Waals surface area contributed by atoms with Gasteiger partial charge in [-0.2, -0.15) is 0 Å². The minimum Gasteiger partial charge on any atom is -0.493 e. The maximum atomic E-state index is 10.6. The van der Waals surface area contributed by atoms with Crippen molar-refractivity contribution < 1.29 is 9.84 Å². The second-order valence-corrected chi connectivity index (χ2v) is 4.85. The predicted molar refractivity (Wildman–Crippen MR) is 72.2 cm³/mol. The predicted octanol–water partition coefficient (Wildman–Crippen LogP) is 2.31. The molecule has 19 heavy (non-hydrogen) atoms. The van der Waals surface area contributed by atoms with E-state index < -0.39 is 6.10 Å². The molecule has 0 fully saturated rings. The van der Waals surface area contributed by atoms with Crippen LogP contribution in [-0.2, 0) is 13.0 Å². The third kappa shape index (κ3) is 2.12. The fourth-order valence-corrected chi connectivity index (χ4v) is 2.60. The van der Waals surface area contributed by atoms with Gasteiger partial charge in [0.1, 0.15) is 11.9 Å². The molecule has 0 amide bonds. The van der Waals surface area contributed by atoms with Crippen molar-refractivity contribution in [2.75, 3.05) is 6.61 Å². The lowest BCUT2D eigenvalue weighted by Gasteiger charge is -2.16. The Morgan fingerprint density at radius 2 is 2.37 bits per heavy atom. The number of aliphatic hydroxyl groups excluding tert-OH is 1. The topological polar surface area (TPSA) is 47.3 Å². The summed E-state index contributed by atoms with van der Waals surface area (Å²) in [5.41, 5.74) is 2.84. The summed E-state index contributed by atoms with van der Waals surface area (Å²) in [7, 11) is 0. The average Bonchev–Trinajstić information content (AvgIpc) is 3.06. The quantitative estimate of drug-likeness (QED) is 0.915. The molecular weight excluding hydrogens is 240 g/mol. The summed E-state index contributed by atoms with van der Waals surface area (Å²) in [6.45, 7) is 3.68. The first-order chi connectivity index (χ1) is 9.31. The SMILES string of the molecule is CCCn1cncc1C(O)c1cccc2c1OCC2. The molecule has 100 valence electrons. The van der Waals surface area contributed by atoms with Gasteiger partial charge in [-0.25, -0.2) is 4.98 Å². The zero-order valence-corrected chi connectivity index (χ0v) is 11.0. The summed E-state index contributed by atoms with van der Waals surface area (Å²) in [6.07, 6.45) is 4.76.